The van der Waals surface area contributed by atoms with Crippen LogP contribution in [0.1, 0.15) is 12.5 Å². The van der Waals surface area contributed by atoms with Crippen LogP contribution in [-0.4, -0.2) is 38.2 Å². The molecule has 1 aliphatic heterocycles. The maximum Gasteiger partial charge on any atom is 0.262 e. The van der Waals surface area contributed by atoms with E-state index in [1.165, 1.54) is 31.0 Å². The van der Waals surface area contributed by atoms with Crippen LogP contribution in [0.25, 0.3) is 11.1 Å². The van der Waals surface area contributed by atoms with Crippen molar-refractivity contribution < 1.29 is 22.4 Å². The summed E-state index contributed by atoms with van der Waals surface area (Å²) >= 11 is 1.19. The number of anilines is 2. The molecule has 1 atom stereocenters. The van der Waals surface area contributed by atoms with E-state index in [9.17, 15) is 13.2 Å². The Morgan fingerprint density at radius 3 is 2.77 bits per heavy atom. The number of sulfonamides is 1. The Morgan fingerprint density at radius 1 is 1.17 bits per heavy atom. The Bertz CT molecular complexity index is 1520. The van der Waals surface area contributed by atoms with Gasteiger partial charge in [-0.3, -0.25) is 9.52 Å². The largest absolute Gasteiger partial charge is 0.495 e. The molecule has 1 aromatic heterocycles. The number of carbonyl (C=O) groups is 1. The normalized spacial score (nSPS) is 15.3. The minimum atomic E-state index is -3.88. The second-order valence-electron chi connectivity index (χ2n) is 8.15. The van der Waals surface area contributed by atoms with E-state index < -0.39 is 10.0 Å². The van der Waals surface area contributed by atoms with E-state index in [4.69, 9.17) is 9.15 Å². The average molecular weight is 510 g/mol. The number of oxazole rings is 1. The molecule has 1 amide bonds. The van der Waals surface area contributed by atoms with Gasteiger partial charge in [0.05, 0.1) is 23.4 Å². The van der Waals surface area contributed by atoms with Gasteiger partial charge in [-0.15, -0.1) is 0 Å². The SMILES string of the molecule is COc1ccccc1NS(=O)(=O)c1ccc2oc(SCC(=O)N3c4ccccc4C[C@@H]3C)nc2c1. The number of hydrogen-bond acceptors (Lipinski definition) is 7. The highest BCUT2D eigenvalue weighted by Crippen LogP contribution is 2.33. The van der Waals surface area contributed by atoms with Gasteiger partial charge in [0.25, 0.3) is 15.2 Å². The molecule has 3 aromatic carbocycles. The van der Waals surface area contributed by atoms with Crippen LogP contribution < -0.4 is 14.4 Å². The van der Waals surface area contributed by atoms with E-state index in [1.54, 1.807) is 30.3 Å². The summed E-state index contributed by atoms with van der Waals surface area (Å²) in [6.45, 7) is 2.03. The molecule has 0 radical (unpaired) electrons. The molecule has 0 unspecified atom stereocenters. The van der Waals surface area contributed by atoms with Gasteiger partial charge in [-0.25, -0.2) is 13.4 Å². The predicted molar refractivity (Wildman–Crippen MR) is 136 cm³/mol. The summed E-state index contributed by atoms with van der Waals surface area (Å²) in [5, 5.41) is 0.306. The fourth-order valence-electron chi connectivity index (χ4n) is 4.19. The number of carbonyl (C=O) groups excluding carboxylic acids is 1. The standard InChI is InChI=1S/C25H23N3O5S2/c1-16-13-17-7-3-5-9-21(17)28(16)24(29)15-34-25-26-20-14-18(11-12-23(20)33-25)35(30,31)27-19-8-4-6-10-22(19)32-2/h3-12,14,16,27H,13,15H2,1-2H3/t16-/m0/s1. The fraction of sp³-hybridized carbons (Fsp3) is 0.200. The molecular formula is C25H23N3O5S2. The molecule has 2 heterocycles. The van der Waals surface area contributed by atoms with E-state index in [-0.39, 0.29) is 22.6 Å². The lowest BCUT2D eigenvalue weighted by Crippen LogP contribution is -2.36. The molecule has 1 N–H and O–H groups in total. The molecular weight excluding hydrogens is 486 g/mol. The molecule has 8 nitrogen and oxygen atoms in total. The second-order valence-corrected chi connectivity index (χ2v) is 10.8. The number of nitrogens with zero attached hydrogens (tertiary/aromatic N) is 2. The van der Waals surface area contributed by atoms with Crippen LogP contribution in [-0.2, 0) is 21.2 Å². The zero-order valence-corrected chi connectivity index (χ0v) is 20.7. The van der Waals surface area contributed by atoms with Crippen LogP contribution in [0.15, 0.2) is 81.3 Å². The van der Waals surface area contributed by atoms with Gasteiger partial charge < -0.3 is 14.1 Å². The topological polar surface area (TPSA) is 102 Å². The molecule has 0 aliphatic carbocycles. The number of nitrogens with one attached hydrogen (secondary N) is 1. The van der Waals surface area contributed by atoms with Crippen molar-refractivity contribution in [2.24, 2.45) is 0 Å². The first kappa shape index (κ1) is 23.3. The number of aromatic nitrogens is 1. The Labute approximate surface area is 207 Å². The highest BCUT2D eigenvalue weighted by molar-refractivity contribution is 7.99. The summed E-state index contributed by atoms with van der Waals surface area (Å²) in [5.74, 6) is 0.544. The van der Waals surface area contributed by atoms with Crippen molar-refractivity contribution in [2.45, 2.75) is 29.5 Å². The molecule has 0 fully saturated rings. The highest BCUT2D eigenvalue weighted by atomic mass is 32.2. The van der Waals surface area contributed by atoms with E-state index in [1.807, 2.05) is 36.1 Å². The number of benzene rings is 3. The molecule has 0 bridgehead atoms. The molecule has 4 aromatic rings. The van der Waals surface area contributed by atoms with Gasteiger partial charge in [-0.2, -0.15) is 0 Å². The minimum absolute atomic E-state index is 0.0287. The molecule has 0 saturated heterocycles. The number of thioether (sulfide) groups is 1. The average Bonchev–Trinajstić information content (AvgIpc) is 3.41. The monoisotopic (exact) mass is 509 g/mol. The van der Waals surface area contributed by atoms with Gasteiger partial charge in [0.2, 0.25) is 5.91 Å². The van der Waals surface area contributed by atoms with Crippen LogP contribution >= 0.6 is 11.8 Å². The van der Waals surface area contributed by atoms with Gasteiger partial charge in [0, 0.05) is 11.7 Å². The van der Waals surface area contributed by atoms with E-state index >= 15 is 0 Å². The summed E-state index contributed by atoms with van der Waals surface area (Å²) in [6, 6.07) is 19.2. The summed E-state index contributed by atoms with van der Waals surface area (Å²) in [6.07, 6.45) is 0.829. The number of fused-ring (bicyclic) bond motifs is 2. The van der Waals surface area contributed by atoms with Crippen molar-refractivity contribution in [3.8, 4) is 5.75 Å². The van der Waals surface area contributed by atoms with Crippen molar-refractivity contribution in [3.63, 3.8) is 0 Å². The van der Waals surface area contributed by atoms with E-state index in [0.717, 1.165) is 17.7 Å². The summed E-state index contributed by atoms with van der Waals surface area (Å²) in [5.41, 5.74) is 3.28. The number of rotatable bonds is 7. The zero-order valence-electron chi connectivity index (χ0n) is 19.1. The Balaban J connectivity index is 1.31. The van der Waals surface area contributed by atoms with Crippen LogP contribution in [0.5, 0.6) is 5.75 Å². The van der Waals surface area contributed by atoms with Gasteiger partial charge in [0.15, 0.2) is 5.58 Å². The van der Waals surface area contributed by atoms with Crippen LogP contribution in [0.4, 0.5) is 11.4 Å². The minimum Gasteiger partial charge on any atom is -0.495 e. The predicted octanol–water partition coefficient (Wildman–Crippen LogP) is 4.71. The first-order valence-corrected chi connectivity index (χ1v) is 13.4. The third-order valence-electron chi connectivity index (χ3n) is 5.80. The van der Waals surface area contributed by atoms with Crippen molar-refractivity contribution in [2.75, 3.05) is 22.5 Å². The molecule has 180 valence electrons. The lowest BCUT2D eigenvalue weighted by molar-refractivity contribution is -0.116. The van der Waals surface area contributed by atoms with Crippen LogP contribution in [0.3, 0.4) is 0 Å². The summed E-state index contributed by atoms with van der Waals surface area (Å²) in [4.78, 5) is 19.2. The Kier molecular flexibility index (Phi) is 6.16. The van der Waals surface area contributed by atoms with Crippen molar-refractivity contribution in [1.82, 2.24) is 4.98 Å². The van der Waals surface area contributed by atoms with Crippen LogP contribution in [0.2, 0.25) is 0 Å². The third-order valence-corrected chi connectivity index (χ3v) is 7.97. The Hall–Kier alpha value is -3.50. The second kappa shape index (κ2) is 9.27. The maximum atomic E-state index is 13.0. The zero-order chi connectivity index (χ0) is 24.6. The molecule has 1 aliphatic rings. The summed E-state index contributed by atoms with van der Waals surface area (Å²) < 4.78 is 39.4. The molecule has 10 heteroatoms. The number of ether oxygens (including phenoxy) is 1. The number of hydrogen-bond donors (Lipinski definition) is 1. The highest BCUT2D eigenvalue weighted by Gasteiger charge is 2.30. The smallest absolute Gasteiger partial charge is 0.262 e. The van der Waals surface area contributed by atoms with Gasteiger partial charge in [0.1, 0.15) is 11.3 Å². The van der Waals surface area contributed by atoms with Gasteiger partial charge in [-0.05, 0) is 55.3 Å². The first-order chi connectivity index (χ1) is 16.9. The lowest BCUT2D eigenvalue weighted by atomic mass is 10.1. The lowest BCUT2D eigenvalue weighted by Gasteiger charge is -2.22. The van der Waals surface area contributed by atoms with Gasteiger partial charge in [-0.1, -0.05) is 42.1 Å². The summed E-state index contributed by atoms with van der Waals surface area (Å²) in [7, 11) is -2.40. The molecule has 0 spiro atoms. The van der Waals surface area contributed by atoms with Crippen molar-refractivity contribution in [3.05, 3.63) is 72.3 Å². The Morgan fingerprint density at radius 2 is 1.94 bits per heavy atom. The van der Waals surface area contributed by atoms with Gasteiger partial charge >= 0.3 is 0 Å². The quantitative estimate of drug-likeness (QED) is 0.360. The van der Waals surface area contributed by atoms with Crippen molar-refractivity contribution >= 4 is 50.2 Å². The van der Waals surface area contributed by atoms with E-state index in [2.05, 4.69) is 9.71 Å². The molecule has 35 heavy (non-hydrogen) atoms. The van der Waals surface area contributed by atoms with E-state index in [0.29, 0.717) is 27.8 Å². The first-order valence-electron chi connectivity index (χ1n) is 10.9. The fourth-order valence-corrected chi connectivity index (χ4v) is 5.97. The molecule has 0 saturated carbocycles. The van der Waals surface area contributed by atoms with Crippen molar-refractivity contribution in [1.29, 1.82) is 0 Å². The third kappa shape index (κ3) is 4.59. The maximum absolute atomic E-state index is 13.0. The van der Waals surface area contributed by atoms with Crippen LogP contribution in [0, 0.1) is 0 Å². The number of para-hydroxylation sites is 3. The number of methoxy groups -OCH3 is 1. The molecule has 5 rings (SSSR count). The number of amides is 1.